The Labute approximate surface area is 166 Å². The topological polar surface area (TPSA) is 51.0 Å². The van der Waals surface area contributed by atoms with Crippen LogP contribution in [0.3, 0.4) is 0 Å². The van der Waals surface area contributed by atoms with Gasteiger partial charge in [0.1, 0.15) is 5.75 Å². The largest absolute Gasteiger partial charge is 0.496 e. The molecule has 144 valence electrons. The Bertz CT molecular complexity index is 901. The van der Waals surface area contributed by atoms with Gasteiger partial charge in [0.15, 0.2) is 0 Å². The summed E-state index contributed by atoms with van der Waals surface area (Å²) in [6.45, 7) is 2.95. The van der Waals surface area contributed by atoms with E-state index in [0.29, 0.717) is 5.02 Å². The van der Waals surface area contributed by atoms with Crippen molar-refractivity contribution in [1.82, 2.24) is 4.98 Å². The molecular formula is C23H29ClN2O. The van der Waals surface area contributed by atoms with Crippen molar-refractivity contribution in [2.24, 2.45) is 5.73 Å². The Hall–Kier alpha value is -1.97. The standard InChI is InChI=1S/C23H29ClN2O/c1-3-4-8-16-9-7-11-18-19(10-5-6-14-25)23(26-22(16)18)20-15-17(24)12-13-21(20)27-2/h7,9,11-13,15,26H,3-6,8,10,14,25H2,1-2H3. The van der Waals surface area contributed by atoms with E-state index in [9.17, 15) is 0 Å². The monoisotopic (exact) mass is 384 g/mol. The van der Waals surface area contributed by atoms with Gasteiger partial charge in [0.05, 0.1) is 12.8 Å². The van der Waals surface area contributed by atoms with Crippen LogP contribution in [0.4, 0.5) is 0 Å². The number of ether oxygens (including phenoxy) is 1. The predicted octanol–water partition coefficient (Wildman–Crippen LogP) is 6.12. The van der Waals surface area contributed by atoms with E-state index in [4.69, 9.17) is 22.1 Å². The number of aromatic amines is 1. The number of benzene rings is 2. The molecular weight excluding hydrogens is 356 g/mol. The van der Waals surface area contributed by atoms with Crippen LogP contribution in [-0.4, -0.2) is 18.6 Å². The third kappa shape index (κ3) is 4.31. The quantitative estimate of drug-likeness (QED) is 0.436. The van der Waals surface area contributed by atoms with Gasteiger partial charge < -0.3 is 15.5 Å². The first-order chi connectivity index (χ1) is 13.2. The number of fused-ring (bicyclic) bond motifs is 1. The van der Waals surface area contributed by atoms with E-state index in [2.05, 4.69) is 30.1 Å². The highest BCUT2D eigenvalue weighted by atomic mass is 35.5. The number of hydrogen-bond donors (Lipinski definition) is 2. The lowest BCUT2D eigenvalue weighted by atomic mass is 9.98. The minimum atomic E-state index is 0.712. The molecule has 0 radical (unpaired) electrons. The Kier molecular flexibility index (Phi) is 6.81. The van der Waals surface area contributed by atoms with Gasteiger partial charge in [0.2, 0.25) is 0 Å². The van der Waals surface area contributed by atoms with Gasteiger partial charge in [0.25, 0.3) is 0 Å². The van der Waals surface area contributed by atoms with E-state index >= 15 is 0 Å². The molecule has 0 saturated heterocycles. The molecule has 0 unspecified atom stereocenters. The molecule has 0 saturated carbocycles. The van der Waals surface area contributed by atoms with E-state index in [0.717, 1.165) is 49.2 Å². The fourth-order valence-corrected chi connectivity index (χ4v) is 3.89. The molecule has 0 spiro atoms. The van der Waals surface area contributed by atoms with Crippen molar-refractivity contribution in [2.45, 2.75) is 45.4 Å². The second kappa shape index (κ2) is 9.29. The van der Waals surface area contributed by atoms with Gasteiger partial charge in [-0.25, -0.2) is 0 Å². The molecule has 2 aromatic carbocycles. The normalized spacial score (nSPS) is 11.3. The fraction of sp³-hybridized carbons (Fsp3) is 0.391. The van der Waals surface area contributed by atoms with Gasteiger partial charge in [-0.3, -0.25) is 0 Å². The summed E-state index contributed by atoms with van der Waals surface area (Å²) in [4.78, 5) is 3.72. The summed E-state index contributed by atoms with van der Waals surface area (Å²) in [5.74, 6) is 0.834. The zero-order valence-corrected chi connectivity index (χ0v) is 17.0. The fourth-order valence-electron chi connectivity index (χ4n) is 3.72. The summed E-state index contributed by atoms with van der Waals surface area (Å²) >= 11 is 6.32. The minimum absolute atomic E-state index is 0.712. The molecule has 3 aromatic rings. The molecule has 27 heavy (non-hydrogen) atoms. The average molecular weight is 385 g/mol. The first-order valence-electron chi connectivity index (χ1n) is 9.86. The zero-order chi connectivity index (χ0) is 19.2. The third-order valence-corrected chi connectivity index (χ3v) is 5.37. The van der Waals surface area contributed by atoms with Crippen molar-refractivity contribution in [1.29, 1.82) is 0 Å². The summed E-state index contributed by atoms with van der Waals surface area (Å²) < 4.78 is 5.63. The summed E-state index contributed by atoms with van der Waals surface area (Å²) in [7, 11) is 1.70. The number of aryl methyl sites for hydroxylation is 2. The molecule has 0 atom stereocenters. The van der Waals surface area contributed by atoms with Crippen molar-refractivity contribution in [3.05, 3.63) is 52.5 Å². The summed E-state index contributed by atoms with van der Waals surface area (Å²) in [5.41, 5.74) is 11.8. The van der Waals surface area contributed by atoms with E-state index in [1.165, 1.54) is 34.9 Å². The molecule has 1 aromatic heterocycles. The van der Waals surface area contributed by atoms with Gasteiger partial charge in [-0.15, -0.1) is 0 Å². The molecule has 0 aliphatic carbocycles. The highest BCUT2D eigenvalue weighted by molar-refractivity contribution is 6.31. The van der Waals surface area contributed by atoms with Crippen LogP contribution in [0.25, 0.3) is 22.2 Å². The van der Waals surface area contributed by atoms with Crippen LogP contribution in [0.2, 0.25) is 5.02 Å². The predicted molar refractivity (Wildman–Crippen MR) is 116 cm³/mol. The number of halogens is 1. The van der Waals surface area contributed by atoms with Crippen LogP contribution in [0.5, 0.6) is 5.75 Å². The van der Waals surface area contributed by atoms with E-state index in [-0.39, 0.29) is 0 Å². The highest BCUT2D eigenvalue weighted by Crippen LogP contribution is 2.39. The minimum Gasteiger partial charge on any atom is -0.496 e. The number of rotatable bonds is 9. The Morgan fingerprint density at radius 3 is 2.67 bits per heavy atom. The molecule has 3 N–H and O–H groups in total. The molecule has 3 rings (SSSR count). The second-order valence-electron chi connectivity index (χ2n) is 7.01. The molecule has 3 nitrogen and oxygen atoms in total. The van der Waals surface area contributed by atoms with Crippen LogP contribution in [0.15, 0.2) is 36.4 Å². The third-order valence-electron chi connectivity index (χ3n) is 5.14. The molecule has 1 heterocycles. The SMILES string of the molecule is CCCCc1cccc2c(CCCCN)c(-c3cc(Cl)ccc3OC)[nH]c12. The molecule has 0 aliphatic rings. The van der Waals surface area contributed by atoms with Crippen LogP contribution >= 0.6 is 11.6 Å². The molecule has 0 amide bonds. The first-order valence-corrected chi connectivity index (χ1v) is 10.2. The number of nitrogens with one attached hydrogen (secondary N) is 1. The van der Waals surface area contributed by atoms with Crippen molar-refractivity contribution in [3.8, 4) is 17.0 Å². The molecule has 4 heteroatoms. The van der Waals surface area contributed by atoms with Gasteiger partial charge in [0, 0.05) is 21.5 Å². The van der Waals surface area contributed by atoms with E-state index in [1.807, 2.05) is 18.2 Å². The lowest BCUT2D eigenvalue weighted by Crippen LogP contribution is -1.99. The molecule has 0 aliphatic heterocycles. The number of para-hydroxylation sites is 1. The second-order valence-corrected chi connectivity index (χ2v) is 7.45. The van der Waals surface area contributed by atoms with Crippen molar-refractivity contribution in [2.75, 3.05) is 13.7 Å². The summed E-state index contributed by atoms with van der Waals surface area (Å²) in [5, 5.41) is 2.02. The maximum atomic E-state index is 6.32. The van der Waals surface area contributed by atoms with E-state index in [1.54, 1.807) is 7.11 Å². The van der Waals surface area contributed by atoms with Gasteiger partial charge in [-0.1, -0.05) is 43.1 Å². The van der Waals surface area contributed by atoms with Crippen LogP contribution in [0.1, 0.15) is 43.7 Å². The first kappa shape index (κ1) is 19.8. The number of aromatic nitrogens is 1. The highest BCUT2D eigenvalue weighted by Gasteiger charge is 2.18. The Morgan fingerprint density at radius 1 is 1.07 bits per heavy atom. The number of unbranched alkanes of at least 4 members (excludes halogenated alkanes) is 2. The van der Waals surface area contributed by atoms with Crippen molar-refractivity contribution >= 4 is 22.5 Å². The number of methoxy groups -OCH3 is 1. The van der Waals surface area contributed by atoms with Crippen LogP contribution in [-0.2, 0) is 12.8 Å². The van der Waals surface area contributed by atoms with Crippen LogP contribution in [0, 0.1) is 0 Å². The van der Waals surface area contributed by atoms with Gasteiger partial charge in [-0.2, -0.15) is 0 Å². The summed E-state index contributed by atoms with van der Waals surface area (Å²) in [6, 6.07) is 12.4. The molecule has 0 bridgehead atoms. The van der Waals surface area contributed by atoms with Crippen LogP contribution < -0.4 is 10.5 Å². The van der Waals surface area contributed by atoms with Gasteiger partial charge in [-0.05, 0) is 68.0 Å². The maximum Gasteiger partial charge on any atom is 0.128 e. The number of hydrogen-bond acceptors (Lipinski definition) is 2. The number of nitrogens with two attached hydrogens (primary N) is 1. The molecule has 0 fully saturated rings. The zero-order valence-electron chi connectivity index (χ0n) is 16.3. The van der Waals surface area contributed by atoms with Crippen molar-refractivity contribution in [3.63, 3.8) is 0 Å². The smallest absolute Gasteiger partial charge is 0.128 e. The average Bonchev–Trinajstić information content (AvgIpc) is 3.05. The van der Waals surface area contributed by atoms with Crippen molar-refractivity contribution < 1.29 is 4.74 Å². The van der Waals surface area contributed by atoms with Gasteiger partial charge >= 0.3 is 0 Å². The van der Waals surface area contributed by atoms with E-state index < -0.39 is 0 Å². The number of H-pyrrole nitrogens is 1. The Balaban J connectivity index is 2.18. The Morgan fingerprint density at radius 2 is 1.93 bits per heavy atom. The summed E-state index contributed by atoms with van der Waals surface area (Å²) in [6.07, 6.45) is 6.54. The maximum absolute atomic E-state index is 6.32. The lowest BCUT2D eigenvalue weighted by molar-refractivity contribution is 0.416. The lowest BCUT2D eigenvalue weighted by Gasteiger charge is -2.10.